The van der Waals surface area contributed by atoms with E-state index < -0.39 is 11.6 Å². The van der Waals surface area contributed by atoms with Crippen molar-refractivity contribution in [3.63, 3.8) is 0 Å². The monoisotopic (exact) mass is 259 g/mol. The average Bonchev–Trinajstić information content (AvgIpc) is 2.44. The summed E-state index contributed by atoms with van der Waals surface area (Å²) in [5.74, 6) is -1.19. The van der Waals surface area contributed by atoms with E-state index in [9.17, 15) is 9.59 Å². The summed E-state index contributed by atoms with van der Waals surface area (Å²) in [5, 5.41) is 2.95. The standard InChI is InChI=1S/C15H17NO3/c1-2-19-11-9-15(18)14(17)8-10-16-12-13-6-4-3-5-7-13/h3-11,16H,2,12H2,1H3/b10-8-,11-9+. The number of ketones is 2. The smallest absolute Gasteiger partial charge is 0.228 e. The molecule has 4 nitrogen and oxygen atoms in total. The lowest BCUT2D eigenvalue weighted by Crippen LogP contribution is -2.10. The van der Waals surface area contributed by atoms with Gasteiger partial charge in [0.15, 0.2) is 0 Å². The zero-order valence-electron chi connectivity index (χ0n) is 10.8. The summed E-state index contributed by atoms with van der Waals surface area (Å²) in [5.41, 5.74) is 1.10. The minimum atomic E-state index is -0.605. The van der Waals surface area contributed by atoms with Gasteiger partial charge in [0.25, 0.3) is 0 Å². The summed E-state index contributed by atoms with van der Waals surface area (Å²) >= 11 is 0. The third-order valence-corrected chi connectivity index (χ3v) is 2.23. The Hall–Kier alpha value is -2.36. The summed E-state index contributed by atoms with van der Waals surface area (Å²) in [4.78, 5) is 22.7. The summed E-state index contributed by atoms with van der Waals surface area (Å²) in [6.45, 7) is 2.87. The van der Waals surface area contributed by atoms with Gasteiger partial charge in [0.2, 0.25) is 11.6 Å². The van der Waals surface area contributed by atoms with Crippen molar-refractivity contribution in [3.8, 4) is 0 Å². The van der Waals surface area contributed by atoms with Crippen molar-refractivity contribution in [1.29, 1.82) is 0 Å². The molecule has 0 saturated carbocycles. The average molecular weight is 259 g/mol. The molecule has 0 radical (unpaired) electrons. The molecule has 0 aliphatic rings. The van der Waals surface area contributed by atoms with E-state index in [1.165, 1.54) is 18.5 Å². The van der Waals surface area contributed by atoms with E-state index in [0.717, 1.165) is 11.6 Å². The summed E-state index contributed by atoms with van der Waals surface area (Å²) < 4.78 is 4.84. The SMILES string of the molecule is CCO/C=C/C(=O)C(=O)/C=C\NCc1ccccc1. The molecular weight excluding hydrogens is 242 g/mol. The molecule has 0 saturated heterocycles. The molecule has 0 spiro atoms. The zero-order chi connectivity index (χ0) is 13.9. The number of ether oxygens (including phenoxy) is 1. The van der Waals surface area contributed by atoms with Gasteiger partial charge in [0.1, 0.15) is 0 Å². The number of nitrogens with one attached hydrogen (secondary N) is 1. The molecule has 0 aliphatic heterocycles. The first-order valence-corrected chi connectivity index (χ1v) is 6.04. The Labute approximate surface area is 112 Å². The Morgan fingerprint density at radius 2 is 1.84 bits per heavy atom. The fraction of sp³-hybridized carbons (Fsp3) is 0.200. The van der Waals surface area contributed by atoms with Crippen LogP contribution in [0.15, 0.2) is 54.9 Å². The second-order valence-corrected chi connectivity index (χ2v) is 3.69. The van der Waals surface area contributed by atoms with Crippen LogP contribution in [0.3, 0.4) is 0 Å². The van der Waals surface area contributed by atoms with Gasteiger partial charge < -0.3 is 10.1 Å². The Balaban J connectivity index is 2.32. The lowest BCUT2D eigenvalue weighted by molar-refractivity contribution is -0.131. The van der Waals surface area contributed by atoms with Gasteiger partial charge in [-0.05, 0) is 12.5 Å². The predicted octanol–water partition coefficient (Wildman–Crippen LogP) is 1.98. The van der Waals surface area contributed by atoms with Gasteiger partial charge in [-0.2, -0.15) is 0 Å². The van der Waals surface area contributed by atoms with Crippen LogP contribution in [0.4, 0.5) is 0 Å². The molecule has 0 fully saturated rings. The topological polar surface area (TPSA) is 55.4 Å². The minimum Gasteiger partial charge on any atom is -0.501 e. The summed E-state index contributed by atoms with van der Waals surface area (Å²) in [6, 6.07) is 9.76. The lowest BCUT2D eigenvalue weighted by atomic mass is 10.2. The Kier molecular flexibility index (Phi) is 6.72. The van der Waals surface area contributed by atoms with Crippen LogP contribution in [0.5, 0.6) is 0 Å². The van der Waals surface area contributed by atoms with Gasteiger partial charge in [-0.3, -0.25) is 9.59 Å². The Morgan fingerprint density at radius 1 is 1.16 bits per heavy atom. The highest BCUT2D eigenvalue weighted by atomic mass is 16.5. The number of hydrogen-bond acceptors (Lipinski definition) is 4. The second kappa shape index (κ2) is 8.69. The number of allylic oxidation sites excluding steroid dienone is 2. The number of rotatable bonds is 8. The molecule has 4 heteroatoms. The quantitative estimate of drug-likeness (QED) is 0.440. The van der Waals surface area contributed by atoms with Crippen LogP contribution >= 0.6 is 0 Å². The van der Waals surface area contributed by atoms with Crippen LogP contribution in [-0.2, 0) is 20.9 Å². The molecule has 19 heavy (non-hydrogen) atoms. The third kappa shape index (κ3) is 6.21. The molecule has 1 aromatic rings. The number of carbonyl (C=O) groups is 2. The molecule has 1 N–H and O–H groups in total. The molecule has 0 aromatic heterocycles. The van der Waals surface area contributed by atoms with Crippen molar-refractivity contribution >= 4 is 11.6 Å². The fourth-order valence-electron chi connectivity index (χ4n) is 1.28. The second-order valence-electron chi connectivity index (χ2n) is 3.69. The van der Waals surface area contributed by atoms with Gasteiger partial charge in [-0.25, -0.2) is 0 Å². The van der Waals surface area contributed by atoms with Crippen LogP contribution in [0.25, 0.3) is 0 Å². The van der Waals surface area contributed by atoms with E-state index in [-0.39, 0.29) is 0 Å². The molecule has 0 amide bonds. The minimum absolute atomic E-state index is 0.465. The van der Waals surface area contributed by atoms with E-state index in [0.29, 0.717) is 13.2 Å². The highest BCUT2D eigenvalue weighted by Crippen LogP contribution is 1.96. The van der Waals surface area contributed by atoms with Gasteiger partial charge in [-0.15, -0.1) is 0 Å². The van der Waals surface area contributed by atoms with Crippen molar-refractivity contribution in [1.82, 2.24) is 5.32 Å². The van der Waals surface area contributed by atoms with Gasteiger partial charge in [0.05, 0.1) is 12.9 Å². The molecule has 0 bridgehead atoms. The molecule has 0 atom stereocenters. The molecule has 1 rings (SSSR count). The maximum Gasteiger partial charge on any atom is 0.228 e. The predicted molar refractivity (Wildman–Crippen MR) is 73.2 cm³/mol. The van der Waals surface area contributed by atoms with E-state index in [1.807, 2.05) is 30.3 Å². The molecule has 100 valence electrons. The number of carbonyl (C=O) groups excluding carboxylic acids is 2. The van der Waals surface area contributed by atoms with Crippen LogP contribution in [-0.4, -0.2) is 18.2 Å². The highest BCUT2D eigenvalue weighted by molar-refractivity contribution is 6.45. The third-order valence-electron chi connectivity index (χ3n) is 2.23. The molecular formula is C15H17NO3. The van der Waals surface area contributed by atoms with E-state index >= 15 is 0 Å². The van der Waals surface area contributed by atoms with Gasteiger partial charge in [-0.1, -0.05) is 30.3 Å². The van der Waals surface area contributed by atoms with Crippen molar-refractivity contribution in [2.75, 3.05) is 6.61 Å². The maximum absolute atomic E-state index is 11.4. The first kappa shape index (κ1) is 14.7. The Bertz CT molecular complexity index is 464. The lowest BCUT2D eigenvalue weighted by Gasteiger charge is -1.99. The summed E-state index contributed by atoms with van der Waals surface area (Å²) in [7, 11) is 0. The Morgan fingerprint density at radius 3 is 2.53 bits per heavy atom. The maximum atomic E-state index is 11.4. The van der Waals surface area contributed by atoms with E-state index in [4.69, 9.17) is 4.74 Å². The van der Waals surface area contributed by atoms with Crippen molar-refractivity contribution < 1.29 is 14.3 Å². The van der Waals surface area contributed by atoms with E-state index in [2.05, 4.69) is 5.32 Å². The van der Waals surface area contributed by atoms with Crippen LogP contribution in [0.2, 0.25) is 0 Å². The van der Waals surface area contributed by atoms with Crippen LogP contribution < -0.4 is 5.32 Å². The van der Waals surface area contributed by atoms with Gasteiger partial charge in [0, 0.05) is 24.9 Å². The highest BCUT2D eigenvalue weighted by Gasteiger charge is 2.05. The van der Waals surface area contributed by atoms with Crippen LogP contribution in [0.1, 0.15) is 12.5 Å². The number of hydrogen-bond donors (Lipinski definition) is 1. The molecule has 0 aliphatic carbocycles. The fourth-order valence-corrected chi connectivity index (χ4v) is 1.28. The molecule has 1 aromatic carbocycles. The van der Waals surface area contributed by atoms with Crippen LogP contribution in [0, 0.1) is 0 Å². The number of benzene rings is 1. The zero-order valence-corrected chi connectivity index (χ0v) is 10.8. The summed E-state index contributed by atoms with van der Waals surface area (Å²) in [6.07, 6.45) is 5.03. The van der Waals surface area contributed by atoms with Crippen molar-refractivity contribution in [3.05, 3.63) is 60.5 Å². The first-order chi connectivity index (χ1) is 9.24. The van der Waals surface area contributed by atoms with Gasteiger partial charge >= 0.3 is 0 Å². The van der Waals surface area contributed by atoms with Crippen molar-refractivity contribution in [2.45, 2.75) is 13.5 Å². The largest absolute Gasteiger partial charge is 0.501 e. The van der Waals surface area contributed by atoms with Crippen molar-refractivity contribution in [2.24, 2.45) is 0 Å². The van der Waals surface area contributed by atoms with E-state index in [1.54, 1.807) is 6.92 Å². The molecule has 0 unspecified atom stereocenters. The normalized spacial score (nSPS) is 10.8. The molecule has 0 heterocycles. The first-order valence-electron chi connectivity index (χ1n) is 6.04.